The van der Waals surface area contributed by atoms with Gasteiger partial charge in [-0.25, -0.2) is 9.38 Å². The van der Waals surface area contributed by atoms with Crippen LogP contribution in [0.15, 0.2) is 46.5 Å². The minimum absolute atomic E-state index is 0.0564. The van der Waals surface area contributed by atoms with E-state index in [0.29, 0.717) is 19.4 Å². The van der Waals surface area contributed by atoms with Crippen molar-refractivity contribution in [2.24, 2.45) is 15.9 Å². The molecule has 1 saturated carbocycles. The number of anilines is 1. The number of benzene rings is 1. The fourth-order valence-corrected chi connectivity index (χ4v) is 3.61. The van der Waals surface area contributed by atoms with E-state index >= 15 is 0 Å². The van der Waals surface area contributed by atoms with Crippen LogP contribution >= 0.6 is 0 Å². The van der Waals surface area contributed by atoms with Crippen LogP contribution < -0.4 is 4.90 Å². The molecule has 0 radical (unpaired) electrons. The van der Waals surface area contributed by atoms with Gasteiger partial charge in [0.25, 0.3) is 0 Å². The molecule has 2 unspecified atom stereocenters. The van der Waals surface area contributed by atoms with Crippen LogP contribution in [0, 0.1) is 5.92 Å². The zero-order valence-electron chi connectivity index (χ0n) is 15.6. The first kappa shape index (κ1) is 17.8. The zero-order valence-corrected chi connectivity index (χ0v) is 15.6. The van der Waals surface area contributed by atoms with Crippen LogP contribution in [0.5, 0.6) is 0 Å². The monoisotopic (exact) mass is 341 g/mol. The van der Waals surface area contributed by atoms with Crippen molar-refractivity contribution in [3.05, 3.63) is 42.1 Å². The second kappa shape index (κ2) is 7.11. The lowest BCUT2D eigenvalue weighted by atomic mass is 10.1. The number of amidine groups is 1. The number of halogens is 1. The predicted molar refractivity (Wildman–Crippen MR) is 105 cm³/mol. The minimum Gasteiger partial charge on any atom is -0.346 e. The van der Waals surface area contributed by atoms with Gasteiger partial charge in [0.05, 0.1) is 6.54 Å². The van der Waals surface area contributed by atoms with E-state index in [1.807, 2.05) is 19.1 Å². The minimum atomic E-state index is -1.06. The molecule has 1 heterocycles. The van der Waals surface area contributed by atoms with Crippen molar-refractivity contribution < 1.29 is 4.39 Å². The molecule has 1 aromatic rings. The summed E-state index contributed by atoms with van der Waals surface area (Å²) in [5.41, 5.74) is 3.04. The molecule has 2 atom stereocenters. The zero-order chi connectivity index (χ0) is 18.0. The van der Waals surface area contributed by atoms with Crippen LogP contribution in [0.1, 0.15) is 52.0 Å². The summed E-state index contributed by atoms with van der Waals surface area (Å²) in [4.78, 5) is 11.4. The molecule has 2 aliphatic rings. The fraction of sp³-hybridized carbons (Fsp3) is 0.524. The average molecular weight is 341 g/mol. The van der Waals surface area contributed by atoms with Crippen molar-refractivity contribution in [1.29, 1.82) is 0 Å². The number of rotatable bonds is 8. The predicted octanol–water partition coefficient (Wildman–Crippen LogP) is 5.17. The Bertz CT molecular complexity index is 722. The lowest BCUT2D eigenvalue weighted by Crippen LogP contribution is -2.24. The molecule has 4 heteroatoms. The summed E-state index contributed by atoms with van der Waals surface area (Å²) in [5, 5.41) is 0. The molecule has 0 bridgehead atoms. The van der Waals surface area contributed by atoms with Crippen molar-refractivity contribution in [2.75, 3.05) is 18.0 Å². The maximum atomic E-state index is 14.5. The fourth-order valence-electron chi connectivity index (χ4n) is 3.61. The largest absolute Gasteiger partial charge is 0.346 e. The lowest BCUT2D eigenvalue weighted by Gasteiger charge is -2.26. The van der Waals surface area contributed by atoms with Gasteiger partial charge in [-0.1, -0.05) is 39.0 Å². The molecule has 0 saturated heterocycles. The molecule has 1 fully saturated rings. The standard InChI is InChI=1S/C21H28FN3/c1-5-9-17-14-23-20(24-17)16-10-8-11-18(12-16)25(7-3)15(4)19-13-21(19,22)6-2/h8,10-12,19H,4-7,9,13-14H2,1-3H3. The van der Waals surface area contributed by atoms with E-state index in [0.717, 1.165) is 47.9 Å². The molecular weight excluding hydrogens is 313 g/mol. The highest BCUT2D eigenvalue weighted by Crippen LogP contribution is 2.54. The third-order valence-corrected chi connectivity index (χ3v) is 5.29. The van der Waals surface area contributed by atoms with Gasteiger partial charge in [-0.3, -0.25) is 4.99 Å². The highest BCUT2D eigenvalue weighted by atomic mass is 19.1. The summed E-state index contributed by atoms with van der Waals surface area (Å²) < 4.78 is 14.5. The topological polar surface area (TPSA) is 28.0 Å². The van der Waals surface area contributed by atoms with Gasteiger partial charge in [-0.15, -0.1) is 0 Å². The highest BCUT2D eigenvalue weighted by Gasteiger charge is 2.56. The van der Waals surface area contributed by atoms with Crippen LogP contribution in [0.3, 0.4) is 0 Å². The highest BCUT2D eigenvalue weighted by molar-refractivity contribution is 6.11. The number of hydrogen-bond donors (Lipinski definition) is 0. The summed E-state index contributed by atoms with van der Waals surface area (Å²) in [5.74, 6) is 0.755. The average Bonchev–Trinajstić information content (AvgIpc) is 3.09. The van der Waals surface area contributed by atoms with E-state index in [-0.39, 0.29) is 5.92 Å². The Hall–Kier alpha value is -1.97. The van der Waals surface area contributed by atoms with E-state index in [9.17, 15) is 4.39 Å². The van der Waals surface area contributed by atoms with Crippen molar-refractivity contribution in [3.63, 3.8) is 0 Å². The molecule has 1 aliphatic carbocycles. The molecule has 0 N–H and O–H groups in total. The van der Waals surface area contributed by atoms with E-state index in [4.69, 9.17) is 0 Å². The normalized spacial score (nSPS) is 24.7. The molecule has 134 valence electrons. The second-order valence-electron chi connectivity index (χ2n) is 7.00. The van der Waals surface area contributed by atoms with Crippen LogP contribution in [-0.2, 0) is 0 Å². The maximum Gasteiger partial charge on any atom is 0.154 e. The smallest absolute Gasteiger partial charge is 0.154 e. The first-order chi connectivity index (χ1) is 12.0. The van der Waals surface area contributed by atoms with E-state index < -0.39 is 5.67 Å². The van der Waals surface area contributed by atoms with Gasteiger partial charge in [0, 0.05) is 35.1 Å². The van der Waals surface area contributed by atoms with Gasteiger partial charge in [0.1, 0.15) is 5.67 Å². The maximum absolute atomic E-state index is 14.5. The van der Waals surface area contributed by atoms with E-state index in [1.54, 1.807) is 0 Å². The lowest BCUT2D eigenvalue weighted by molar-refractivity contribution is 0.280. The molecule has 3 nitrogen and oxygen atoms in total. The van der Waals surface area contributed by atoms with Crippen LogP contribution in [0.25, 0.3) is 0 Å². The Morgan fingerprint density at radius 3 is 2.80 bits per heavy atom. The SMILES string of the molecule is C=C(C1CC1(F)CC)N(CC)c1cccc(C2=NCC(CCC)=N2)c1. The van der Waals surface area contributed by atoms with Crippen molar-refractivity contribution in [3.8, 4) is 0 Å². The first-order valence-electron chi connectivity index (χ1n) is 9.39. The molecule has 1 aliphatic heterocycles. The van der Waals surface area contributed by atoms with Crippen molar-refractivity contribution >= 4 is 17.2 Å². The molecule has 0 spiro atoms. The van der Waals surface area contributed by atoms with Crippen molar-refractivity contribution in [2.45, 2.75) is 52.1 Å². The first-order valence-corrected chi connectivity index (χ1v) is 9.39. The molecule has 0 amide bonds. The molecule has 3 rings (SSSR count). The Balaban J connectivity index is 1.80. The van der Waals surface area contributed by atoms with Gasteiger partial charge in [0.2, 0.25) is 0 Å². The van der Waals surface area contributed by atoms with Gasteiger partial charge in [-0.05, 0) is 38.3 Å². The second-order valence-corrected chi connectivity index (χ2v) is 7.00. The number of allylic oxidation sites excluding steroid dienone is 1. The molecular formula is C21H28FN3. The molecule has 25 heavy (non-hydrogen) atoms. The third-order valence-electron chi connectivity index (χ3n) is 5.29. The van der Waals surface area contributed by atoms with Crippen LogP contribution in [0.4, 0.5) is 10.1 Å². The third kappa shape index (κ3) is 3.53. The van der Waals surface area contributed by atoms with E-state index in [2.05, 4.69) is 47.4 Å². The molecule has 1 aromatic carbocycles. The quantitative estimate of drug-likeness (QED) is 0.641. The number of alkyl halides is 1. The summed E-state index contributed by atoms with van der Waals surface area (Å²) in [6.07, 6.45) is 3.24. The summed E-state index contributed by atoms with van der Waals surface area (Å²) in [6, 6.07) is 8.21. The van der Waals surface area contributed by atoms with Crippen LogP contribution in [-0.4, -0.2) is 30.3 Å². The van der Waals surface area contributed by atoms with Gasteiger partial charge < -0.3 is 4.90 Å². The summed E-state index contributed by atoms with van der Waals surface area (Å²) in [7, 11) is 0. The number of hydrogen-bond acceptors (Lipinski definition) is 3. The number of nitrogens with zero attached hydrogens (tertiary/aromatic N) is 3. The Morgan fingerprint density at radius 2 is 2.16 bits per heavy atom. The Kier molecular flexibility index (Phi) is 5.07. The Morgan fingerprint density at radius 1 is 1.36 bits per heavy atom. The van der Waals surface area contributed by atoms with Crippen molar-refractivity contribution in [1.82, 2.24) is 0 Å². The van der Waals surface area contributed by atoms with Gasteiger partial charge >= 0.3 is 0 Å². The summed E-state index contributed by atoms with van der Waals surface area (Å²) in [6.45, 7) is 11.8. The Labute approximate surface area is 150 Å². The van der Waals surface area contributed by atoms with Gasteiger partial charge in [-0.2, -0.15) is 0 Å². The van der Waals surface area contributed by atoms with Gasteiger partial charge in [0.15, 0.2) is 5.84 Å². The van der Waals surface area contributed by atoms with E-state index in [1.165, 1.54) is 0 Å². The van der Waals surface area contributed by atoms with Crippen LogP contribution in [0.2, 0.25) is 0 Å². The molecule has 0 aromatic heterocycles. The number of aliphatic imine (C=N–C) groups is 2. The summed E-state index contributed by atoms with van der Waals surface area (Å²) >= 11 is 0.